The van der Waals surface area contributed by atoms with E-state index in [4.69, 9.17) is 4.74 Å². The van der Waals surface area contributed by atoms with Crippen molar-refractivity contribution in [3.05, 3.63) is 0 Å². The highest BCUT2D eigenvalue weighted by atomic mass is 16.5. The summed E-state index contributed by atoms with van der Waals surface area (Å²) in [6.45, 7) is 3.86. The highest BCUT2D eigenvalue weighted by Gasteiger charge is 2.32. The van der Waals surface area contributed by atoms with Crippen LogP contribution in [-0.2, 0) is 14.3 Å². The molecule has 2 atom stereocenters. The second-order valence-corrected chi connectivity index (χ2v) is 4.94. The highest BCUT2D eigenvalue weighted by Crippen LogP contribution is 2.18. The van der Waals surface area contributed by atoms with Gasteiger partial charge in [-0.25, -0.2) is 0 Å². The first-order chi connectivity index (χ1) is 8.09. The molecule has 3 N–H and O–H groups in total. The molecule has 17 heavy (non-hydrogen) atoms. The zero-order valence-electron chi connectivity index (χ0n) is 10.0. The van der Waals surface area contributed by atoms with Gasteiger partial charge in [-0.05, 0) is 19.8 Å². The Labute approximate surface area is 100 Å². The summed E-state index contributed by atoms with van der Waals surface area (Å²) in [7, 11) is 0. The van der Waals surface area contributed by atoms with Crippen molar-refractivity contribution in [3.8, 4) is 0 Å². The summed E-state index contributed by atoms with van der Waals surface area (Å²) >= 11 is 0. The predicted molar refractivity (Wildman–Crippen MR) is 61.4 cm³/mol. The minimum Gasteiger partial charge on any atom is -0.379 e. The smallest absolute Gasteiger partial charge is 0.239 e. The Morgan fingerprint density at radius 1 is 1.59 bits per heavy atom. The number of ether oxygens (including phenoxy) is 1. The van der Waals surface area contributed by atoms with Crippen molar-refractivity contribution in [2.75, 3.05) is 26.3 Å². The molecule has 2 saturated heterocycles. The first-order valence-electron chi connectivity index (χ1n) is 5.99. The van der Waals surface area contributed by atoms with Gasteiger partial charge in [0.2, 0.25) is 11.8 Å². The summed E-state index contributed by atoms with van der Waals surface area (Å²) in [5.41, 5.74) is -0.279. The molecule has 0 aromatic rings. The van der Waals surface area contributed by atoms with Crippen molar-refractivity contribution >= 4 is 11.8 Å². The lowest BCUT2D eigenvalue weighted by Crippen LogP contribution is -2.62. The molecule has 0 saturated carbocycles. The minimum atomic E-state index is -0.341. The van der Waals surface area contributed by atoms with Crippen LogP contribution in [0.2, 0.25) is 0 Å². The largest absolute Gasteiger partial charge is 0.379 e. The molecule has 2 rings (SSSR count). The molecule has 2 aliphatic heterocycles. The summed E-state index contributed by atoms with van der Waals surface area (Å²) in [5.74, 6) is -0.140. The maximum atomic E-state index is 12.0. The van der Waals surface area contributed by atoms with Gasteiger partial charge >= 0.3 is 0 Å². The molecular weight excluding hydrogens is 222 g/mol. The molecule has 0 radical (unpaired) electrons. The molecule has 0 aromatic heterocycles. The van der Waals surface area contributed by atoms with Crippen LogP contribution in [-0.4, -0.2) is 49.7 Å². The van der Waals surface area contributed by atoms with E-state index in [1.54, 1.807) is 0 Å². The lowest BCUT2D eigenvalue weighted by Gasteiger charge is -2.36. The van der Waals surface area contributed by atoms with Crippen LogP contribution in [0.25, 0.3) is 0 Å². The van der Waals surface area contributed by atoms with Gasteiger partial charge in [0.25, 0.3) is 0 Å². The Balaban J connectivity index is 1.85. The van der Waals surface area contributed by atoms with Gasteiger partial charge in [0.15, 0.2) is 0 Å². The molecule has 6 nitrogen and oxygen atoms in total. The van der Waals surface area contributed by atoms with Crippen LogP contribution in [0.4, 0.5) is 0 Å². The van der Waals surface area contributed by atoms with E-state index < -0.39 is 0 Å². The molecule has 2 fully saturated rings. The molecule has 96 valence electrons. The molecule has 0 aliphatic carbocycles. The van der Waals surface area contributed by atoms with Crippen LogP contribution in [0.1, 0.15) is 19.8 Å². The number of hydrogen-bond acceptors (Lipinski definition) is 4. The van der Waals surface area contributed by atoms with Gasteiger partial charge in [-0.2, -0.15) is 0 Å². The van der Waals surface area contributed by atoms with Crippen molar-refractivity contribution in [1.82, 2.24) is 16.0 Å². The summed E-state index contributed by atoms with van der Waals surface area (Å²) in [5, 5.41) is 8.58. The monoisotopic (exact) mass is 241 g/mol. The Morgan fingerprint density at radius 3 is 3.00 bits per heavy atom. The van der Waals surface area contributed by atoms with Gasteiger partial charge < -0.3 is 15.4 Å². The fraction of sp³-hybridized carbons (Fsp3) is 0.818. The van der Waals surface area contributed by atoms with Gasteiger partial charge in [-0.1, -0.05) is 0 Å². The highest BCUT2D eigenvalue weighted by molar-refractivity contribution is 5.87. The van der Waals surface area contributed by atoms with E-state index in [1.165, 1.54) is 0 Å². The molecular formula is C11H19N3O3. The molecule has 2 aliphatic rings. The lowest BCUT2D eigenvalue weighted by molar-refractivity contribution is -0.129. The fourth-order valence-electron chi connectivity index (χ4n) is 2.17. The Kier molecular flexibility index (Phi) is 3.63. The summed E-state index contributed by atoms with van der Waals surface area (Å²) in [4.78, 5) is 23.0. The van der Waals surface area contributed by atoms with Crippen LogP contribution in [0.3, 0.4) is 0 Å². The predicted octanol–water partition coefficient (Wildman–Crippen LogP) is -1.24. The number of nitrogens with one attached hydrogen (secondary N) is 3. The van der Waals surface area contributed by atoms with Crippen molar-refractivity contribution in [1.29, 1.82) is 0 Å². The van der Waals surface area contributed by atoms with E-state index in [9.17, 15) is 9.59 Å². The minimum absolute atomic E-state index is 0.0683. The van der Waals surface area contributed by atoms with Crippen LogP contribution in [0.5, 0.6) is 0 Å². The zero-order chi connectivity index (χ0) is 12.3. The number of piperazine rings is 1. The van der Waals surface area contributed by atoms with Gasteiger partial charge in [-0.3, -0.25) is 14.9 Å². The van der Waals surface area contributed by atoms with Gasteiger partial charge in [0.05, 0.1) is 18.7 Å². The third kappa shape index (κ3) is 3.17. The van der Waals surface area contributed by atoms with Crippen LogP contribution < -0.4 is 16.0 Å². The van der Waals surface area contributed by atoms with Crippen LogP contribution in [0, 0.1) is 0 Å². The second-order valence-electron chi connectivity index (χ2n) is 4.94. The van der Waals surface area contributed by atoms with Crippen molar-refractivity contribution in [3.63, 3.8) is 0 Å². The molecule has 6 heteroatoms. The Bertz CT molecular complexity index is 303. The topological polar surface area (TPSA) is 79.5 Å². The Morgan fingerprint density at radius 2 is 2.41 bits per heavy atom. The fourth-order valence-corrected chi connectivity index (χ4v) is 2.17. The van der Waals surface area contributed by atoms with Gasteiger partial charge in [0, 0.05) is 13.2 Å². The third-order valence-corrected chi connectivity index (χ3v) is 3.19. The first kappa shape index (κ1) is 12.3. The lowest BCUT2D eigenvalue weighted by atomic mass is 9.94. The first-order valence-corrected chi connectivity index (χ1v) is 5.99. The number of hydrogen-bond donors (Lipinski definition) is 3. The van der Waals surface area contributed by atoms with E-state index in [1.807, 2.05) is 6.92 Å². The number of amides is 2. The Hall–Kier alpha value is -1.14. The van der Waals surface area contributed by atoms with E-state index >= 15 is 0 Å². The number of rotatable bonds is 2. The number of carbonyl (C=O) groups excluding carboxylic acids is 2. The molecule has 0 bridgehead atoms. The van der Waals surface area contributed by atoms with E-state index in [2.05, 4.69) is 16.0 Å². The molecule has 0 spiro atoms. The van der Waals surface area contributed by atoms with E-state index in [-0.39, 0.29) is 29.9 Å². The molecule has 2 unspecified atom stereocenters. The van der Waals surface area contributed by atoms with Crippen LogP contribution >= 0.6 is 0 Å². The van der Waals surface area contributed by atoms with E-state index in [0.29, 0.717) is 13.2 Å². The van der Waals surface area contributed by atoms with Crippen molar-refractivity contribution in [2.45, 2.75) is 31.3 Å². The molecule has 2 amide bonds. The summed E-state index contributed by atoms with van der Waals surface area (Å²) in [6.07, 6.45) is 1.89. The van der Waals surface area contributed by atoms with Crippen LogP contribution in [0.15, 0.2) is 0 Å². The average Bonchev–Trinajstić information content (AvgIpc) is 2.30. The normalized spacial score (nSPS) is 33.9. The average molecular weight is 241 g/mol. The van der Waals surface area contributed by atoms with Gasteiger partial charge in [0.1, 0.15) is 6.04 Å². The summed E-state index contributed by atoms with van der Waals surface area (Å²) in [6, 6.07) is -0.341. The molecule has 2 heterocycles. The maximum absolute atomic E-state index is 12.0. The standard InChI is InChI=1S/C11H19N3O3/c1-11(3-2-4-17-7-11)14-10(16)8-5-13-9(15)6-12-8/h8,12H,2-7H2,1H3,(H,13,15)(H,14,16). The van der Waals surface area contributed by atoms with Crippen molar-refractivity contribution in [2.24, 2.45) is 0 Å². The van der Waals surface area contributed by atoms with Crippen molar-refractivity contribution < 1.29 is 14.3 Å². The number of carbonyl (C=O) groups is 2. The summed E-state index contributed by atoms with van der Waals surface area (Å²) < 4.78 is 5.39. The SMILES string of the molecule is CC1(NC(=O)C2CNC(=O)CN2)CCCOC1. The zero-order valence-corrected chi connectivity index (χ0v) is 10.0. The quantitative estimate of drug-likeness (QED) is 0.565. The molecule has 0 aromatic carbocycles. The van der Waals surface area contributed by atoms with E-state index in [0.717, 1.165) is 19.4 Å². The second kappa shape index (κ2) is 5.01. The maximum Gasteiger partial charge on any atom is 0.239 e. The van der Waals surface area contributed by atoms with Gasteiger partial charge in [-0.15, -0.1) is 0 Å². The third-order valence-electron chi connectivity index (χ3n) is 3.19.